The molecule has 1 aromatic heterocycles. The third kappa shape index (κ3) is 5.13. The second-order valence-corrected chi connectivity index (χ2v) is 11.8. The second kappa shape index (κ2) is 9.50. The van der Waals surface area contributed by atoms with Crippen LogP contribution >= 0.6 is 0 Å². The molecule has 0 spiro atoms. The number of nitrogens with zero attached hydrogens (tertiary/aromatic N) is 1. The minimum atomic E-state index is -4.60. The van der Waals surface area contributed by atoms with Crippen LogP contribution in [0, 0.1) is 0 Å². The zero-order valence-electron chi connectivity index (χ0n) is 21.1. The van der Waals surface area contributed by atoms with Crippen molar-refractivity contribution in [3.05, 3.63) is 94.7 Å². The number of rotatable bonds is 6. The molecule has 0 radical (unpaired) electrons. The fraction of sp³-hybridized carbons (Fsp3) is 0.250. The molecule has 3 aromatic carbocycles. The van der Waals surface area contributed by atoms with Crippen molar-refractivity contribution in [2.45, 2.75) is 43.7 Å². The Morgan fingerprint density at radius 3 is 2.26 bits per heavy atom. The molecule has 0 fully saturated rings. The van der Waals surface area contributed by atoms with Crippen LogP contribution in [-0.2, 0) is 28.0 Å². The molecule has 6 nitrogen and oxygen atoms in total. The number of benzene rings is 3. The van der Waals surface area contributed by atoms with E-state index in [1.54, 1.807) is 12.1 Å². The first-order valence-electron chi connectivity index (χ1n) is 11.6. The number of aromatic nitrogens is 1. The number of carboxylic acids is 1. The van der Waals surface area contributed by atoms with E-state index < -0.39 is 27.7 Å². The fourth-order valence-electron chi connectivity index (χ4n) is 4.29. The number of carboxylic acid groups (broad SMARTS) is 1. The lowest BCUT2D eigenvalue weighted by molar-refractivity contribution is -0.137. The number of halogens is 3. The van der Waals surface area contributed by atoms with Crippen LogP contribution in [-0.4, -0.2) is 30.6 Å². The SMILES string of the molecule is COc1cc(Cc2cc3cc(C(F)(F)F)ccc3n2S(=O)(=O)c2cccc(C(C)(C)C)c2)ccc1C(=O)O. The van der Waals surface area contributed by atoms with E-state index in [2.05, 4.69) is 0 Å². The average molecular weight is 546 g/mol. The van der Waals surface area contributed by atoms with Gasteiger partial charge in [-0.25, -0.2) is 17.2 Å². The molecule has 1 N–H and O–H groups in total. The summed E-state index contributed by atoms with van der Waals surface area (Å²) < 4.78 is 74.5. The Kier molecular flexibility index (Phi) is 6.82. The lowest BCUT2D eigenvalue weighted by Crippen LogP contribution is -2.18. The number of hydrogen-bond donors (Lipinski definition) is 1. The summed E-state index contributed by atoms with van der Waals surface area (Å²) in [5, 5.41) is 9.48. The third-order valence-corrected chi connectivity index (χ3v) is 8.04. The molecular weight excluding hydrogens is 519 g/mol. The molecule has 4 aromatic rings. The summed E-state index contributed by atoms with van der Waals surface area (Å²) in [7, 11) is -2.92. The van der Waals surface area contributed by atoms with Crippen LogP contribution < -0.4 is 4.74 Å². The zero-order valence-corrected chi connectivity index (χ0v) is 21.9. The summed E-state index contributed by atoms with van der Waals surface area (Å²) in [4.78, 5) is 11.5. The Hall–Kier alpha value is -3.79. The van der Waals surface area contributed by atoms with E-state index in [4.69, 9.17) is 4.74 Å². The molecule has 0 aliphatic carbocycles. The summed E-state index contributed by atoms with van der Waals surface area (Å²) in [6, 6.07) is 15.1. The Balaban J connectivity index is 1.94. The van der Waals surface area contributed by atoms with E-state index in [9.17, 15) is 31.5 Å². The highest BCUT2D eigenvalue weighted by atomic mass is 32.2. The maximum absolute atomic E-state index is 14.0. The van der Waals surface area contributed by atoms with Crippen molar-refractivity contribution in [1.29, 1.82) is 0 Å². The van der Waals surface area contributed by atoms with E-state index in [1.165, 1.54) is 37.4 Å². The van der Waals surface area contributed by atoms with Gasteiger partial charge in [0.15, 0.2) is 0 Å². The second-order valence-electron chi connectivity index (χ2n) is 9.97. The molecule has 0 amide bonds. The van der Waals surface area contributed by atoms with Gasteiger partial charge in [0.05, 0.1) is 23.1 Å². The standard InChI is InChI=1S/C28H26F3NO5S/c1-27(2,3)19-6-5-7-22(16-19)38(35,36)32-21(12-17-8-10-23(26(33)34)25(13-17)37-4)15-18-14-20(28(29,30)31)9-11-24(18)32/h5-11,13-16H,12H2,1-4H3,(H,33,34). The van der Waals surface area contributed by atoms with Crippen LogP contribution in [0.15, 0.2) is 71.6 Å². The quantitative estimate of drug-likeness (QED) is 0.299. The topological polar surface area (TPSA) is 85.6 Å². The fourth-order valence-corrected chi connectivity index (χ4v) is 5.88. The van der Waals surface area contributed by atoms with Crippen molar-refractivity contribution >= 4 is 26.9 Å². The van der Waals surface area contributed by atoms with Gasteiger partial charge in [0, 0.05) is 17.5 Å². The van der Waals surface area contributed by atoms with Crippen LogP contribution in [0.2, 0.25) is 0 Å². The van der Waals surface area contributed by atoms with E-state index in [1.807, 2.05) is 26.8 Å². The summed E-state index contributed by atoms with van der Waals surface area (Å²) in [6.45, 7) is 5.84. The van der Waals surface area contributed by atoms with Gasteiger partial charge >= 0.3 is 12.1 Å². The van der Waals surface area contributed by atoms with Gasteiger partial charge in [-0.05, 0) is 65.1 Å². The number of carbonyl (C=O) groups is 1. The molecule has 0 aliphatic rings. The molecule has 200 valence electrons. The van der Waals surface area contributed by atoms with Crippen molar-refractivity contribution in [3.8, 4) is 5.75 Å². The van der Waals surface area contributed by atoms with Gasteiger partial charge in [-0.15, -0.1) is 0 Å². The van der Waals surface area contributed by atoms with E-state index in [0.29, 0.717) is 5.56 Å². The average Bonchev–Trinajstić information content (AvgIpc) is 3.20. The lowest BCUT2D eigenvalue weighted by Gasteiger charge is -2.20. The minimum Gasteiger partial charge on any atom is -0.496 e. The molecule has 4 rings (SSSR count). The number of alkyl halides is 3. The molecule has 0 bridgehead atoms. The van der Waals surface area contributed by atoms with Crippen LogP contribution in [0.25, 0.3) is 10.9 Å². The molecule has 10 heteroatoms. The minimum absolute atomic E-state index is 0.00220. The highest BCUT2D eigenvalue weighted by Crippen LogP contribution is 2.35. The number of methoxy groups -OCH3 is 1. The van der Waals surface area contributed by atoms with Gasteiger partial charge in [0.1, 0.15) is 11.3 Å². The van der Waals surface area contributed by atoms with Crippen LogP contribution in [0.1, 0.15) is 53.5 Å². The highest BCUT2D eigenvalue weighted by molar-refractivity contribution is 7.90. The van der Waals surface area contributed by atoms with E-state index >= 15 is 0 Å². The monoisotopic (exact) mass is 545 g/mol. The normalized spacial score (nSPS) is 12.6. The Labute approximate surface area is 218 Å². The third-order valence-electron chi connectivity index (χ3n) is 6.28. The van der Waals surface area contributed by atoms with Gasteiger partial charge in [-0.3, -0.25) is 0 Å². The maximum Gasteiger partial charge on any atom is 0.416 e. The summed E-state index contributed by atoms with van der Waals surface area (Å²) in [5.41, 5.74) is 0.313. The van der Waals surface area contributed by atoms with Crippen molar-refractivity contribution < 1.29 is 36.2 Å². The maximum atomic E-state index is 14.0. The van der Waals surface area contributed by atoms with Crippen molar-refractivity contribution in [2.75, 3.05) is 7.11 Å². The molecule has 0 saturated carbocycles. The summed E-state index contributed by atoms with van der Waals surface area (Å²) in [6.07, 6.45) is -4.61. The largest absolute Gasteiger partial charge is 0.496 e. The predicted molar refractivity (Wildman–Crippen MR) is 137 cm³/mol. The number of hydrogen-bond acceptors (Lipinski definition) is 4. The predicted octanol–water partition coefficient (Wildman–Crippen LogP) is 6.49. The molecule has 0 atom stereocenters. The first kappa shape index (κ1) is 27.3. The van der Waals surface area contributed by atoms with Crippen molar-refractivity contribution in [2.24, 2.45) is 0 Å². The highest BCUT2D eigenvalue weighted by Gasteiger charge is 2.32. The van der Waals surface area contributed by atoms with Crippen LogP contribution in [0.4, 0.5) is 13.2 Å². The first-order valence-corrected chi connectivity index (χ1v) is 13.0. The van der Waals surface area contributed by atoms with Crippen molar-refractivity contribution in [3.63, 3.8) is 0 Å². The molecule has 0 unspecified atom stereocenters. The first-order chi connectivity index (χ1) is 17.6. The van der Waals surface area contributed by atoms with Crippen molar-refractivity contribution in [1.82, 2.24) is 3.97 Å². The smallest absolute Gasteiger partial charge is 0.416 e. The molecule has 1 heterocycles. The molecule has 0 saturated heterocycles. The lowest BCUT2D eigenvalue weighted by atomic mass is 9.87. The van der Waals surface area contributed by atoms with Gasteiger partial charge < -0.3 is 9.84 Å². The number of aromatic carboxylic acids is 1. The summed E-state index contributed by atoms with van der Waals surface area (Å²) in [5.74, 6) is -1.11. The van der Waals surface area contributed by atoms with Crippen LogP contribution in [0.5, 0.6) is 5.75 Å². The van der Waals surface area contributed by atoms with Crippen LogP contribution in [0.3, 0.4) is 0 Å². The van der Waals surface area contributed by atoms with Gasteiger partial charge in [0.2, 0.25) is 0 Å². The van der Waals surface area contributed by atoms with E-state index in [0.717, 1.165) is 27.7 Å². The zero-order chi connectivity index (χ0) is 28.0. The van der Waals surface area contributed by atoms with Gasteiger partial charge in [-0.2, -0.15) is 13.2 Å². The molecular formula is C28H26F3NO5S. The van der Waals surface area contributed by atoms with Gasteiger partial charge in [-0.1, -0.05) is 39.0 Å². The summed E-state index contributed by atoms with van der Waals surface area (Å²) >= 11 is 0. The van der Waals surface area contributed by atoms with E-state index in [-0.39, 0.29) is 44.6 Å². The Bertz CT molecular complexity index is 1650. The van der Waals surface area contributed by atoms with Gasteiger partial charge in [0.25, 0.3) is 10.0 Å². The molecule has 0 aliphatic heterocycles. The molecule has 38 heavy (non-hydrogen) atoms. The number of fused-ring (bicyclic) bond motifs is 1. The Morgan fingerprint density at radius 1 is 0.947 bits per heavy atom. The number of ether oxygens (including phenoxy) is 1. The Morgan fingerprint density at radius 2 is 1.66 bits per heavy atom.